The fourth-order valence-electron chi connectivity index (χ4n) is 4.53. The lowest BCUT2D eigenvalue weighted by Gasteiger charge is -2.24. The number of rotatable bonds is 12. The van der Waals surface area contributed by atoms with Crippen molar-refractivity contribution >= 4 is 11.9 Å². The zero-order valence-corrected chi connectivity index (χ0v) is 18.3. The molecule has 1 aliphatic rings. The van der Waals surface area contributed by atoms with Gasteiger partial charge in [-0.25, -0.2) is 4.39 Å². The number of carbonyl (C=O) groups excluding carboxylic acids is 1. The zero-order chi connectivity index (χ0) is 22.1. The standard InChI is InChI=1S/C25H37FO4/c1-17-9-10-19(23(26)15-17)11-12-20(28)13-14-22-21(24(29)16-25(22)30)8-6-4-3-5-7-18(2)27/h9-12,15,20-22,24-25,28-30H,3-8,13-14,16H2,1-2H3/b12-11+/t20?,21-,22-,24+,25-/m1/s1. The van der Waals surface area contributed by atoms with Gasteiger partial charge in [-0.15, -0.1) is 0 Å². The van der Waals surface area contributed by atoms with E-state index >= 15 is 0 Å². The highest BCUT2D eigenvalue weighted by molar-refractivity contribution is 5.75. The van der Waals surface area contributed by atoms with E-state index in [4.69, 9.17) is 0 Å². The van der Waals surface area contributed by atoms with Crippen LogP contribution in [0.3, 0.4) is 0 Å². The summed E-state index contributed by atoms with van der Waals surface area (Å²) in [6.07, 6.45) is 8.28. The molecule has 0 spiro atoms. The molecule has 30 heavy (non-hydrogen) atoms. The molecule has 0 bridgehead atoms. The maximum atomic E-state index is 13.9. The van der Waals surface area contributed by atoms with Crippen LogP contribution in [0.1, 0.15) is 75.8 Å². The number of halogens is 1. The number of hydrogen-bond acceptors (Lipinski definition) is 4. The molecule has 1 aliphatic carbocycles. The summed E-state index contributed by atoms with van der Waals surface area (Å²) in [5, 5.41) is 31.0. The van der Waals surface area contributed by atoms with E-state index in [1.54, 1.807) is 25.1 Å². The van der Waals surface area contributed by atoms with Crippen LogP contribution in [0.2, 0.25) is 0 Å². The van der Waals surface area contributed by atoms with Gasteiger partial charge in [0, 0.05) is 12.0 Å². The number of benzene rings is 1. The van der Waals surface area contributed by atoms with Crippen LogP contribution in [-0.4, -0.2) is 39.4 Å². The normalized spacial score (nSPS) is 25.1. The average Bonchev–Trinajstić information content (AvgIpc) is 2.94. The molecule has 0 saturated heterocycles. The van der Waals surface area contributed by atoms with E-state index in [-0.39, 0.29) is 23.4 Å². The lowest BCUT2D eigenvalue weighted by Crippen LogP contribution is -2.23. The Balaban J connectivity index is 1.79. The third-order valence-corrected chi connectivity index (χ3v) is 6.29. The molecule has 0 aromatic heterocycles. The van der Waals surface area contributed by atoms with E-state index < -0.39 is 18.3 Å². The quantitative estimate of drug-likeness (QED) is 0.433. The highest BCUT2D eigenvalue weighted by Crippen LogP contribution is 2.39. The van der Waals surface area contributed by atoms with Crippen molar-refractivity contribution in [2.75, 3.05) is 0 Å². The summed E-state index contributed by atoms with van der Waals surface area (Å²) in [7, 11) is 0. The Bertz CT molecular complexity index is 702. The highest BCUT2D eigenvalue weighted by atomic mass is 19.1. The Morgan fingerprint density at radius 2 is 1.80 bits per heavy atom. The Hall–Kier alpha value is -1.56. The number of unbranched alkanes of at least 4 members (excludes halogenated alkanes) is 3. The minimum absolute atomic E-state index is 0.0311. The van der Waals surface area contributed by atoms with Gasteiger partial charge in [0.15, 0.2) is 0 Å². The lowest BCUT2D eigenvalue weighted by molar-refractivity contribution is -0.117. The third-order valence-electron chi connectivity index (χ3n) is 6.29. The summed E-state index contributed by atoms with van der Waals surface area (Å²) < 4.78 is 13.9. The van der Waals surface area contributed by atoms with Crippen molar-refractivity contribution in [3.8, 4) is 0 Å². The molecule has 0 radical (unpaired) electrons. The fraction of sp³-hybridized carbons (Fsp3) is 0.640. The number of carbonyl (C=O) groups is 1. The minimum atomic E-state index is -0.720. The van der Waals surface area contributed by atoms with Crippen molar-refractivity contribution in [3.05, 3.63) is 41.2 Å². The zero-order valence-electron chi connectivity index (χ0n) is 18.3. The van der Waals surface area contributed by atoms with Gasteiger partial charge in [0.1, 0.15) is 11.6 Å². The summed E-state index contributed by atoms with van der Waals surface area (Å²) in [6.45, 7) is 3.44. The summed E-state index contributed by atoms with van der Waals surface area (Å²) >= 11 is 0. The lowest BCUT2D eigenvalue weighted by atomic mass is 9.85. The monoisotopic (exact) mass is 420 g/mol. The van der Waals surface area contributed by atoms with Crippen LogP contribution in [0.15, 0.2) is 24.3 Å². The Kier molecular flexibility index (Phi) is 10.2. The first kappa shape index (κ1) is 24.7. The molecule has 2 rings (SSSR count). The van der Waals surface area contributed by atoms with E-state index in [2.05, 4.69) is 0 Å². The Morgan fingerprint density at radius 1 is 1.13 bits per heavy atom. The molecule has 5 atom stereocenters. The third kappa shape index (κ3) is 7.93. The summed E-state index contributed by atoms with van der Waals surface area (Å²) in [4.78, 5) is 11.0. The molecule has 0 amide bonds. The molecule has 3 N–H and O–H groups in total. The molecule has 1 fully saturated rings. The average molecular weight is 421 g/mol. The topological polar surface area (TPSA) is 77.8 Å². The van der Waals surface area contributed by atoms with Crippen LogP contribution in [0.5, 0.6) is 0 Å². The summed E-state index contributed by atoms with van der Waals surface area (Å²) in [6, 6.07) is 4.99. The number of aliphatic hydroxyl groups is 3. The predicted molar refractivity (Wildman–Crippen MR) is 117 cm³/mol. The summed E-state index contributed by atoms with van der Waals surface area (Å²) in [5.74, 6) is -0.0758. The molecule has 1 unspecified atom stereocenters. The molecule has 0 aliphatic heterocycles. The van der Waals surface area contributed by atoms with Gasteiger partial charge in [0.2, 0.25) is 0 Å². The molecule has 1 aromatic carbocycles. The highest BCUT2D eigenvalue weighted by Gasteiger charge is 2.40. The first-order valence-corrected chi connectivity index (χ1v) is 11.3. The maximum Gasteiger partial charge on any atom is 0.130 e. The molecule has 4 nitrogen and oxygen atoms in total. The van der Waals surface area contributed by atoms with Crippen molar-refractivity contribution in [1.82, 2.24) is 0 Å². The number of aliphatic hydroxyl groups excluding tert-OH is 3. The first-order chi connectivity index (χ1) is 14.3. The van der Waals surface area contributed by atoms with E-state index in [9.17, 15) is 24.5 Å². The number of hydrogen-bond donors (Lipinski definition) is 3. The van der Waals surface area contributed by atoms with Crippen molar-refractivity contribution in [2.45, 2.75) is 89.9 Å². The minimum Gasteiger partial charge on any atom is -0.393 e. The molecule has 168 valence electrons. The van der Waals surface area contributed by atoms with E-state index in [0.29, 0.717) is 31.2 Å². The van der Waals surface area contributed by atoms with E-state index in [1.165, 1.54) is 6.07 Å². The number of Topliss-reactive ketones (excluding diaryl/α,β-unsaturated/α-hetero) is 1. The Labute approximate surface area is 179 Å². The number of aryl methyl sites for hydroxylation is 1. The van der Waals surface area contributed by atoms with Gasteiger partial charge in [-0.2, -0.15) is 0 Å². The molecule has 0 heterocycles. The van der Waals surface area contributed by atoms with Gasteiger partial charge in [0.25, 0.3) is 0 Å². The number of ketones is 1. The molecule has 5 heteroatoms. The van der Waals surface area contributed by atoms with Crippen LogP contribution in [0, 0.1) is 24.6 Å². The summed E-state index contributed by atoms with van der Waals surface area (Å²) in [5.41, 5.74) is 1.29. The fourth-order valence-corrected chi connectivity index (χ4v) is 4.53. The second-order valence-electron chi connectivity index (χ2n) is 8.88. The van der Waals surface area contributed by atoms with E-state index in [0.717, 1.165) is 37.7 Å². The van der Waals surface area contributed by atoms with Gasteiger partial charge >= 0.3 is 0 Å². The van der Waals surface area contributed by atoms with Gasteiger partial charge < -0.3 is 20.1 Å². The maximum absolute atomic E-state index is 13.9. The molecule has 1 saturated carbocycles. The van der Waals surface area contributed by atoms with Gasteiger partial charge in [-0.05, 0) is 69.4 Å². The largest absolute Gasteiger partial charge is 0.393 e. The molecular formula is C25H37FO4. The van der Waals surface area contributed by atoms with Crippen LogP contribution < -0.4 is 0 Å². The second kappa shape index (κ2) is 12.3. The van der Waals surface area contributed by atoms with Crippen molar-refractivity contribution < 1.29 is 24.5 Å². The second-order valence-corrected chi connectivity index (χ2v) is 8.88. The smallest absolute Gasteiger partial charge is 0.130 e. The molecule has 1 aromatic rings. The SMILES string of the molecule is CC(=O)CCCCCC[C@@H]1[C@@H](CCC(O)/C=C/c2ccc(C)cc2F)[C@H](O)C[C@@H]1O. The van der Waals surface area contributed by atoms with Crippen LogP contribution in [0.4, 0.5) is 4.39 Å². The predicted octanol–water partition coefficient (Wildman–Crippen LogP) is 4.58. The van der Waals surface area contributed by atoms with Crippen molar-refractivity contribution in [3.63, 3.8) is 0 Å². The Morgan fingerprint density at radius 3 is 2.47 bits per heavy atom. The van der Waals surface area contributed by atoms with Crippen LogP contribution in [-0.2, 0) is 4.79 Å². The van der Waals surface area contributed by atoms with Gasteiger partial charge in [-0.3, -0.25) is 0 Å². The van der Waals surface area contributed by atoms with Gasteiger partial charge in [0.05, 0.1) is 18.3 Å². The van der Waals surface area contributed by atoms with Crippen LogP contribution in [0.25, 0.3) is 6.08 Å². The van der Waals surface area contributed by atoms with Crippen molar-refractivity contribution in [1.29, 1.82) is 0 Å². The van der Waals surface area contributed by atoms with E-state index in [1.807, 2.05) is 13.0 Å². The molecular weight excluding hydrogens is 383 g/mol. The van der Waals surface area contributed by atoms with Crippen LogP contribution >= 0.6 is 0 Å². The first-order valence-electron chi connectivity index (χ1n) is 11.3. The van der Waals surface area contributed by atoms with Gasteiger partial charge in [-0.1, -0.05) is 43.5 Å². The van der Waals surface area contributed by atoms with Crippen molar-refractivity contribution in [2.24, 2.45) is 11.8 Å².